The fraction of sp³-hybridized carbons (Fsp3) is 0.397. The third-order valence-corrected chi connectivity index (χ3v) is 17.5. The highest BCUT2D eigenvalue weighted by atomic mass is 32.1. The number of fused-ring (bicyclic) bond motifs is 8. The van der Waals surface area contributed by atoms with Gasteiger partial charge in [-0.2, -0.15) is 0 Å². The Labute approximate surface area is 411 Å². The molecule has 68 heavy (non-hydrogen) atoms. The standard InChI is InChI=1S/C63H70BN2OS/c1-37-30-50(65(39-21-22-42-44(33-39)61(10,11)27-26-60(42,8)9)52-36-68-54-35-46-45(34-41(52)54)62(12,13)28-29-63(46,14)15)56-51(31-37)66(48-24-20-38(58(2,3)4)32-47(48)64-56)49-25-23-43(59(5,6)7)57-55(49)40-18-16-17-19-53(40)67-57/h16-25,30-36H,26-29H2,1-15H3. The molecule has 0 saturated heterocycles. The molecule has 1 aliphatic heterocycles. The molecule has 8 aromatic rings. The largest absolute Gasteiger partial charge is 0.456 e. The molecule has 2 aliphatic carbocycles. The quantitative estimate of drug-likeness (QED) is 0.164. The number of para-hydroxylation sites is 1. The van der Waals surface area contributed by atoms with Crippen LogP contribution in [-0.2, 0) is 32.5 Å². The Kier molecular flexibility index (Phi) is 9.89. The van der Waals surface area contributed by atoms with Gasteiger partial charge in [-0.25, -0.2) is 0 Å². The van der Waals surface area contributed by atoms with Crippen LogP contribution in [0, 0.1) is 6.92 Å². The van der Waals surface area contributed by atoms with Crippen LogP contribution in [0.4, 0.5) is 34.1 Å². The van der Waals surface area contributed by atoms with Gasteiger partial charge in [-0.1, -0.05) is 145 Å². The Bertz CT molecular complexity index is 3380. The summed E-state index contributed by atoms with van der Waals surface area (Å²) >= 11 is 1.90. The number of hydrogen-bond acceptors (Lipinski definition) is 4. The van der Waals surface area contributed by atoms with Gasteiger partial charge in [0.05, 0.1) is 16.8 Å². The van der Waals surface area contributed by atoms with Crippen molar-refractivity contribution in [1.82, 2.24) is 0 Å². The van der Waals surface area contributed by atoms with Crippen LogP contribution in [0.5, 0.6) is 0 Å². The first-order valence-corrected chi connectivity index (χ1v) is 26.1. The van der Waals surface area contributed by atoms with Crippen LogP contribution in [0.1, 0.15) is 162 Å². The predicted molar refractivity (Wildman–Crippen MR) is 296 cm³/mol. The summed E-state index contributed by atoms with van der Waals surface area (Å²) in [7, 11) is 2.50. The zero-order chi connectivity index (χ0) is 48.2. The highest BCUT2D eigenvalue weighted by Crippen LogP contribution is 2.54. The summed E-state index contributed by atoms with van der Waals surface area (Å²) in [5.74, 6) is 0. The number of furan rings is 1. The number of hydrogen-bond donors (Lipinski definition) is 0. The molecule has 0 unspecified atom stereocenters. The number of aryl methyl sites for hydroxylation is 1. The second kappa shape index (κ2) is 14.9. The van der Waals surface area contributed by atoms with E-state index in [9.17, 15) is 0 Å². The van der Waals surface area contributed by atoms with E-state index in [1.165, 1.54) is 108 Å². The Morgan fingerprint density at radius 2 is 1.22 bits per heavy atom. The maximum Gasteiger partial charge on any atom is 0.199 e. The molecule has 5 heteroatoms. The average molecular weight is 914 g/mol. The minimum Gasteiger partial charge on any atom is -0.456 e. The Hall–Kier alpha value is -5.26. The second-order valence-electron chi connectivity index (χ2n) is 25.5. The van der Waals surface area contributed by atoms with Gasteiger partial charge < -0.3 is 14.2 Å². The molecule has 347 valence electrons. The lowest BCUT2D eigenvalue weighted by molar-refractivity contribution is 0.332. The van der Waals surface area contributed by atoms with Gasteiger partial charge in [0.25, 0.3) is 0 Å². The van der Waals surface area contributed by atoms with Crippen LogP contribution >= 0.6 is 11.3 Å². The van der Waals surface area contributed by atoms with Crippen molar-refractivity contribution < 1.29 is 4.42 Å². The fourth-order valence-electron chi connectivity index (χ4n) is 12.1. The van der Waals surface area contributed by atoms with Crippen LogP contribution in [0.25, 0.3) is 32.0 Å². The molecule has 2 aromatic heterocycles. The van der Waals surface area contributed by atoms with Crippen LogP contribution in [-0.4, -0.2) is 7.28 Å². The molecule has 3 aliphatic rings. The topological polar surface area (TPSA) is 19.6 Å². The summed E-state index contributed by atoms with van der Waals surface area (Å²) in [5, 5.41) is 6.09. The molecule has 3 heterocycles. The van der Waals surface area contributed by atoms with Crippen molar-refractivity contribution in [2.45, 2.75) is 162 Å². The highest BCUT2D eigenvalue weighted by molar-refractivity contribution is 7.17. The maximum atomic E-state index is 6.92. The van der Waals surface area contributed by atoms with Crippen LogP contribution in [0.2, 0.25) is 0 Å². The number of thiophene rings is 1. The number of rotatable bonds is 4. The summed E-state index contributed by atoms with van der Waals surface area (Å²) in [5.41, 5.74) is 21.4. The monoisotopic (exact) mass is 914 g/mol. The molecule has 0 atom stereocenters. The molecular weight excluding hydrogens is 844 g/mol. The van der Waals surface area contributed by atoms with Gasteiger partial charge in [0, 0.05) is 49.2 Å². The Balaban J connectivity index is 1.23. The molecule has 0 saturated carbocycles. The van der Waals surface area contributed by atoms with Crippen molar-refractivity contribution in [2.24, 2.45) is 0 Å². The first kappa shape index (κ1) is 45.2. The summed E-state index contributed by atoms with van der Waals surface area (Å²) in [6, 6.07) is 38.0. The highest BCUT2D eigenvalue weighted by Gasteiger charge is 2.41. The molecule has 0 N–H and O–H groups in total. The molecule has 0 bridgehead atoms. The van der Waals surface area contributed by atoms with Crippen molar-refractivity contribution in [3.05, 3.63) is 141 Å². The Morgan fingerprint density at radius 1 is 0.588 bits per heavy atom. The van der Waals surface area contributed by atoms with Gasteiger partial charge in [-0.05, 0) is 159 Å². The number of nitrogens with zero attached hydrogens (tertiary/aromatic N) is 2. The lowest BCUT2D eigenvalue weighted by Gasteiger charge is -2.43. The normalized spacial score (nSPS) is 18.0. The average Bonchev–Trinajstić information content (AvgIpc) is 3.87. The van der Waals surface area contributed by atoms with Gasteiger partial charge in [-0.15, -0.1) is 11.3 Å². The zero-order valence-corrected chi connectivity index (χ0v) is 44.2. The summed E-state index contributed by atoms with van der Waals surface area (Å²) < 4.78 is 8.27. The number of benzene rings is 6. The van der Waals surface area contributed by atoms with E-state index in [-0.39, 0.29) is 32.5 Å². The molecule has 1 radical (unpaired) electrons. The van der Waals surface area contributed by atoms with Gasteiger partial charge in [0.2, 0.25) is 0 Å². The van der Waals surface area contributed by atoms with Crippen molar-refractivity contribution in [3.8, 4) is 0 Å². The Morgan fingerprint density at radius 3 is 1.90 bits per heavy atom. The summed E-state index contributed by atoms with van der Waals surface area (Å²) in [6.45, 7) is 35.8. The maximum absolute atomic E-state index is 6.92. The zero-order valence-electron chi connectivity index (χ0n) is 43.4. The molecule has 11 rings (SSSR count). The molecular formula is C63H70BN2OS. The van der Waals surface area contributed by atoms with Gasteiger partial charge >= 0.3 is 0 Å². The van der Waals surface area contributed by atoms with E-state index in [0.29, 0.717) is 0 Å². The van der Waals surface area contributed by atoms with Crippen LogP contribution in [0.3, 0.4) is 0 Å². The number of anilines is 6. The van der Waals surface area contributed by atoms with Gasteiger partial charge in [-0.3, -0.25) is 0 Å². The van der Waals surface area contributed by atoms with E-state index in [4.69, 9.17) is 4.42 Å². The van der Waals surface area contributed by atoms with E-state index < -0.39 is 0 Å². The van der Waals surface area contributed by atoms with Gasteiger partial charge in [0.1, 0.15) is 11.2 Å². The smallest absolute Gasteiger partial charge is 0.199 e. The van der Waals surface area contributed by atoms with Crippen molar-refractivity contribution in [2.75, 3.05) is 9.80 Å². The fourth-order valence-corrected chi connectivity index (χ4v) is 13.1. The molecule has 6 aromatic carbocycles. The first-order chi connectivity index (χ1) is 31.8. The van der Waals surface area contributed by atoms with Crippen molar-refractivity contribution in [1.29, 1.82) is 0 Å². The minimum atomic E-state index is -0.117. The van der Waals surface area contributed by atoms with E-state index in [2.05, 4.69) is 223 Å². The second-order valence-corrected chi connectivity index (χ2v) is 26.4. The van der Waals surface area contributed by atoms with E-state index >= 15 is 0 Å². The lowest BCUT2D eigenvalue weighted by atomic mass is 9.58. The molecule has 0 fully saturated rings. The lowest BCUT2D eigenvalue weighted by Crippen LogP contribution is -2.42. The third-order valence-electron chi connectivity index (χ3n) is 16.6. The minimum absolute atomic E-state index is 0.0285. The SMILES string of the molecule is Cc1cc(N(c2ccc3c(c2)C(C)(C)CCC3(C)C)c2csc3cc4c(cc23)C(C)(C)CCC4(C)C)c2c(c1)N(c1ccc(C(C)(C)C)c3oc4ccccc4c13)c1ccc(C(C)(C)C)cc1[B]2. The van der Waals surface area contributed by atoms with E-state index in [1.54, 1.807) is 0 Å². The van der Waals surface area contributed by atoms with E-state index in [1.807, 2.05) is 11.3 Å². The van der Waals surface area contributed by atoms with Gasteiger partial charge in [0.15, 0.2) is 7.28 Å². The van der Waals surface area contributed by atoms with Crippen molar-refractivity contribution >= 4 is 95.7 Å². The third kappa shape index (κ3) is 7.02. The molecule has 0 amide bonds. The molecule has 0 spiro atoms. The first-order valence-electron chi connectivity index (χ1n) is 25.2. The van der Waals surface area contributed by atoms with Crippen molar-refractivity contribution in [3.63, 3.8) is 0 Å². The van der Waals surface area contributed by atoms with E-state index in [0.717, 1.165) is 34.0 Å². The predicted octanol–water partition coefficient (Wildman–Crippen LogP) is 17.3. The summed E-state index contributed by atoms with van der Waals surface area (Å²) in [6.07, 6.45) is 4.73. The molecule has 3 nitrogen and oxygen atoms in total. The van der Waals surface area contributed by atoms with Crippen LogP contribution in [0.15, 0.2) is 107 Å². The summed E-state index contributed by atoms with van der Waals surface area (Å²) in [4.78, 5) is 5.21. The van der Waals surface area contributed by atoms with Crippen LogP contribution < -0.4 is 20.7 Å².